The molecule has 8 heteroatoms. The summed E-state index contributed by atoms with van der Waals surface area (Å²) in [7, 11) is 1.51. The van der Waals surface area contributed by atoms with Crippen molar-refractivity contribution >= 4 is 16.9 Å². The SMILES string of the molecule is COc1ccc2c(C)c(CCC(=O)NCC(F)(F)CN)c(=O)oc2c1. The van der Waals surface area contributed by atoms with Gasteiger partial charge < -0.3 is 20.2 Å². The third kappa shape index (κ3) is 4.54. The lowest BCUT2D eigenvalue weighted by Crippen LogP contribution is -2.41. The van der Waals surface area contributed by atoms with Crippen molar-refractivity contribution in [3.8, 4) is 5.75 Å². The zero-order chi connectivity index (χ0) is 18.6. The van der Waals surface area contributed by atoms with E-state index in [2.05, 4.69) is 5.32 Å². The van der Waals surface area contributed by atoms with Crippen molar-refractivity contribution in [1.82, 2.24) is 5.32 Å². The maximum atomic E-state index is 13.0. The van der Waals surface area contributed by atoms with Gasteiger partial charge in [0.05, 0.1) is 20.2 Å². The first kappa shape index (κ1) is 18.9. The van der Waals surface area contributed by atoms with E-state index in [0.29, 0.717) is 22.5 Å². The number of hydrogen-bond acceptors (Lipinski definition) is 5. The van der Waals surface area contributed by atoms with Crippen LogP contribution in [0.3, 0.4) is 0 Å². The smallest absolute Gasteiger partial charge is 0.339 e. The van der Waals surface area contributed by atoms with E-state index in [-0.39, 0.29) is 12.8 Å². The molecule has 1 aromatic heterocycles. The number of alkyl halides is 2. The number of carbonyl (C=O) groups excluding carboxylic acids is 1. The molecule has 136 valence electrons. The Hall–Kier alpha value is -2.48. The molecule has 25 heavy (non-hydrogen) atoms. The third-order valence-electron chi connectivity index (χ3n) is 3.94. The van der Waals surface area contributed by atoms with Gasteiger partial charge in [-0.15, -0.1) is 0 Å². The van der Waals surface area contributed by atoms with E-state index in [1.807, 2.05) is 0 Å². The summed E-state index contributed by atoms with van der Waals surface area (Å²) in [6.45, 7) is 0.0824. The molecule has 1 amide bonds. The fraction of sp³-hybridized carbons (Fsp3) is 0.412. The lowest BCUT2D eigenvalue weighted by Gasteiger charge is -2.14. The Labute approximate surface area is 142 Å². The number of methoxy groups -OCH3 is 1. The second kappa shape index (κ2) is 7.60. The molecule has 2 aromatic rings. The van der Waals surface area contributed by atoms with E-state index in [0.717, 1.165) is 5.39 Å². The molecule has 0 aliphatic carbocycles. The third-order valence-corrected chi connectivity index (χ3v) is 3.94. The summed E-state index contributed by atoms with van der Waals surface area (Å²) in [5.41, 5.74) is 5.77. The fourth-order valence-electron chi connectivity index (χ4n) is 2.42. The highest BCUT2D eigenvalue weighted by molar-refractivity contribution is 5.82. The van der Waals surface area contributed by atoms with Crippen LogP contribution in [0.1, 0.15) is 17.5 Å². The molecule has 0 bridgehead atoms. The van der Waals surface area contributed by atoms with E-state index in [1.165, 1.54) is 7.11 Å². The number of halogens is 2. The minimum Gasteiger partial charge on any atom is -0.497 e. The normalized spacial score (nSPS) is 11.6. The standard InChI is InChI=1S/C17H20F2N2O4/c1-10-12-4-3-11(24-2)7-14(12)25-16(23)13(10)5-6-15(22)21-9-17(18,19)8-20/h3-4,7H,5-6,8-9,20H2,1-2H3,(H,21,22). The molecule has 0 saturated carbocycles. The number of hydrogen-bond donors (Lipinski definition) is 2. The maximum Gasteiger partial charge on any atom is 0.339 e. The predicted octanol–water partition coefficient (Wildman–Crippen LogP) is 1.75. The summed E-state index contributed by atoms with van der Waals surface area (Å²) in [4.78, 5) is 23.9. The van der Waals surface area contributed by atoms with Gasteiger partial charge in [-0.3, -0.25) is 4.79 Å². The van der Waals surface area contributed by atoms with Gasteiger partial charge in [-0.2, -0.15) is 0 Å². The Balaban J connectivity index is 2.13. The lowest BCUT2D eigenvalue weighted by molar-refractivity contribution is -0.122. The number of nitrogens with two attached hydrogens (primary N) is 1. The van der Waals surface area contributed by atoms with Crippen LogP contribution in [0.25, 0.3) is 11.0 Å². The van der Waals surface area contributed by atoms with Gasteiger partial charge in [0.15, 0.2) is 0 Å². The first-order valence-corrected chi connectivity index (χ1v) is 7.72. The second-order valence-corrected chi connectivity index (χ2v) is 5.69. The van der Waals surface area contributed by atoms with Gasteiger partial charge in [0.25, 0.3) is 5.92 Å². The van der Waals surface area contributed by atoms with Gasteiger partial charge >= 0.3 is 5.63 Å². The van der Waals surface area contributed by atoms with Crippen molar-refractivity contribution in [2.45, 2.75) is 25.7 Å². The molecule has 0 spiro atoms. The van der Waals surface area contributed by atoms with Crippen LogP contribution in [-0.2, 0) is 11.2 Å². The molecule has 1 heterocycles. The molecule has 2 rings (SSSR count). The molecule has 1 aromatic carbocycles. The molecule has 0 atom stereocenters. The van der Waals surface area contributed by atoms with E-state index in [1.54, 1.807) is 25.1 Å². The molecular weight excluding hydrogens is 334 g/mol. The second-order valence-electron chi connectivity index (χ2n) is 5.69. The summed E-state index contributed by atoms with van der Waals surface area (Å²) in [6, 6.07) is 5.10. The first-order valence-electron chi connectivity index (χ1n) is 7.72. The van der Waals surface area contributed by atoms with Gasteiger partial charge in [0.1, 0.15) is 11.3 Å². The van der Waals surface area contributed by atoms with E-state index < -0.39 is 30.5 Å². The first-order chi connectivity index (χ1) is 11.8. The lowest BCUT2D eigenvalue weighted by atomic mass is 10.0. The van der Waals surface area contributed by atoms with Gasteiger partial charge in [-0.25, -0.2) is 13.6 Å². The van der Waals surface area contributed by atoms with Gasteiger partial charge in [-0.05, 0) is 31.0 Å². The Morgan fingerprint density at radius 1 is 1.40 bits per heavy atom. The number of nitrogens with one attached hydrogen (secondary N) is 1. The van der Waals surface area contributed by atoms with Crippen LogP contribution in [0.2, 0.25) is 0 Å². The molecule has 6 nitrogen and oxygen atoms in total. The maximum absolute atomic E-state index is 13.0. The molecule has 0 aliphatic rings. The van der Waals surface area contributed by atoms with Crippen LogP contribution in [0.15, 0.2) is 27.4 Å². The van der Waals surface area contributed by atoms with Crippen LogP contribution in [-0.4, -0.2) is 32.0 Å². The van der Waals surface area contributed by atoms with Crippen LogP contribution in [0.5, 0.6) is 5.75 Å². The minimum atomic E-state index is -3.15. The fourth-order valence-corrected chi connectivity index (χ4v) is 2.42. The van der Waals surface area contributed by atoms with Crippen molar-refractivity contribution in [3.05, 3.63) is 39.7 Å². The van der Waals surface area contributed by atoms with Crippen molar-refractivity contribution in [3.63, 3.8) is 0 Å². The highest BCUT2D eigenvalue weighted by atomic mass is 19.3. The highest BCUT2D eigenvalue weighted by Gasteiger charge is 2.27. The van der Waals surface area contributed by atoms with E-state index in [4.69, 9.17) is 14.9 Å². The number of aryl methyl sites for hydroxylation is 1. The summed E-state index contributed by atoms with van der Waals surface area (Å²) < 4.78 is 36.4. The van der Waals surface area contributed by atoms with Crippen LogP contribution < -0.4 is 21.4 Å². The Morgan fingerprint density at radius 2 is 2.12 bits per heavy atom. The van der Waals surface area contributed by atoms with Gasteiger partial charge in [0.2, 0.25) is 5.91 Å². The number of rotatable bonds is 7. The highest BCUT2D eigenvalue weighted by Crippen LogP contribution is 2.24. The molecule has 0 unspecified atom stereocenters. The van der Waals surface area contributed by atoms with Crippen molar-refractivity contribution in [2.75, 3.05) is 20.2 Å². The quantitative estimate of drug-likeness (QED) is 0.739. The number of benzene rings is 1. The topological polar surface area (TPSA) is 94.6 Å². The molecule has 3 N–H and O–H groups in total. The average Bonchev–Trinajstić information content (AvgIpc) is 2.59. The van der Waals surface area contributed by atoms with Gasteiger partial charge in [-0.1, -0.05) is 0 Å². The number of fused-ring (bicyclic) bond motifs is 1. The number of carbonyl (C=O) groups is 1. The molecular formula is C17H20F2N2O4. The predicted molar refractivity (Wildman–Crippen MR) is 89.1 cm³/mol. The number of ether oxygens (including phenoxy) is 1. The summed E-state index contributed by atoms with van der Waals surface area (Å²) in [6.07, 6.45) is -0.00984. The Kier molecular flexibility index (Phi) is 5.73. The Morgan fingerprint density at radius 3 is 2.76 bits per heavy atom. The zero-order valence-corrected chi connectivity index (χ0v) is 14.0. The van der Waals surface area contributed by atoms with Crippen molar-refractivity contribution in [1.29, 1.82) is 0 Å². The summed E-state index contributed by atoms with van der Waals surface area (Å²) in [5.74, 6) is -3.17. The molecule has 0 fully saturated rings. The van der Waals surface area contributed by atoms with Gasteiger partial charge in [0, 0.05) is 23.4 Å². The zero-order valence-electron chi connectivity index (χ0n) is 14.0. The van der Waals surface area contributed by atoms with E-state index >= 15 is 0 Å². The molecule has 0 saturated heterocycles. The Bertz CT molecular complexity index is 833. The molecule has 0 aliphatic heterocycles. The average molecular weight is 354 g/mol. The largest absolute Gasteiger partial charge is 0.497 e. The van der Waals surface area contributed by atoms with Crippen molar-refractivity contribution in [2.24, 2.45) is 5.73 Å². The van der Waals surface area contributed by atoms with Crippen LogP contribution in [0.4, 0.5) is 8.78 Å². The summed E-state index contributed by atoms with van der Waals surface area (Å²) >= 11 is 0. The minimum absolute atomic E-state index is 0.0934. The monoisotopic (exact) mass is 354 g/mol. The van der Waals surface area contributed by atoms with Crippen molar-refractivity contribution < 1.29 is 22.7 Å². The number of amides is 1. The summed E-state index contributed by atoms with van der Waals surface area (Å²) in [5, 5.41) is 2.84. The van der Waals surface area contributed by atoms with E-state index in [9.17, 15) is 18.4 Å². The van der Waals surface area contributed by atoms with Crippen LogP contribution in [0, 0.1) is 6.92 Å². The van der Waals surface area contributed by atoms with Crippen LogP contribution >= 0.6 is 0 Å². The molecule has 0 radical (unpaired) electrons.